The molecule has 1 aromatic rings. The Labute approximate surface area is 145 Å². The Bertz CT molecular complexity index is 518. The predicted octanol–water partition coefficient (Wildman–Crippen LogP) is 3.54. The lowest BCUT2D eigenvalue weighted by Gasteiger charge is -2.17. The lowest BCUT2D eigenvalue weighted by atomic mass is 10.1. The minimum absolute atomic E-state index is 0.0901. The molecular formula is C17H24BrNO4. The summed E-state index contributed by atoms with van der Waals surface area (Å²) >= 11 is 3.40. The maximum atomic E-state index is 12.4. The number of hydrogen-bond donors (Lipinski definition) is 1. The SMILES string of the molecule is COc1cc(C(=O)NC(C)CCC2CCCO2)cc(OC)c1Br. The average molecular weight is 386 g/mol. The molecule has 23 heavy (non-hydrogen) atoms. The van der Waals surface area contributed by atoms with Crippen LogP contribution in [0.15, 0.2) is 16.6 Å². The Morgan fingerprint density at radius 1 is 1.39 bits per heavy atom. The molecule has 1 aliphatic rings. The highest BCUT2D eigenvalue weighted by Crippen LogP contribution is 2.35. The molecular weight excluding hydrogens is 362 g/mol. The second-order valence-electron chi connectivity index (χ2n) is 5.78. The topological polar surface area (TPSA) is 56.8 Å². The van der Waals surface area contributed by atoms with Crippen molar-refractivity contribution in [3.63, 3.8) is 0 Å². The highest BCUT2D eigenvalue weighted by molar-refractivity contribution is 9.10. The van der Waals surface area contributed by atoms with Crippen LogP contribution < -0.4 is 14.8 Å². The van der Waals surface area contributed by atoms with Crippen LogP contribution in [0.1, 0.15) is 43.0 Å². The molecule has 1 saturated heterocycles. The van der Waals surface area contributed by atoms with Crippen LogP contribution in [0.5, 0.6) is 11.5 Å². The van der Waals surface area contributed by atoms with Crippen molar-refractivity contribution in [2.75, 3.05) is 20.8 Å². The fourth-order valence-electron chi connectivity index (χ4n) is 2.69. The van der Waals surface area contributed by atoms with Crippen molar-refractivity contribution in [3.8, 4) is 11.5 Å². The van der Waals surface area contributed by atoms with E-state index in [1.807, 2.05) is 6.92 Å². The van der Waals surface area contributed by atoms with E-state index >= 15 is 0 Å². The van der Waals surface area contributed by atoms with Gasteiger partial charge in [-0.3, -0.25) is 4.79 Å². The lowest BCUT2D eigenvalue weighted by molar-refractivity contribution is 0.0899. The third-order valence-corrected chi connectivity index (χ3v) is 4.81. The number of carbonyl (C=O) groups excluding carboxylic acids is 1. The first-order valence-electron chi connectivity index (χ1n) is 7.89. The smallest absolute Gasteiger partial charge is 0.251 e. The third kappa shape index (κ3) is 4.85. The number of benzene rings is 1. The summed E-state index contributed by atoms with van der Waals surface area (Å²) in [5, 5.41) is 3.02. The van der Waals surface area contributed by atoms with Crippen LogP contribution in [0.25, 0.3) is 0 Å². The number of rotatable bonds is 7. The van der Waals surface area contributed by atoms with Gasteiger partial charge in [-0.25, -0.2) is 0 Å². The fraction of sp³-hybridized carbons (Fsp3) is 0.588. The van der Waals surface area contributed by atoms with Gasteiger partial charge in [0.1, 0.15) is 16.0 Å². The molecule has 1 N–H and O–H groups in total. The summed E-state index contributed by atoms with van der Waals surface area (Å²) in [4.78, 5) is 12.4. The Morgan fingerprint density at radius 3 is 2.57 bits per heavy atom. The first-order valence-corrected chi connectivity index (χ1v) is 8.68. The quantitative estimate of drug-likeness (QED) is 0.779. The molecule has 0 spiro atoms. The summed E-state index contributed by atoms with van der Waals surface area (Å²) < 4.78 is 16.9. The van der Waals surface area contributed by atoms with E-state index in [0.717, 1.165) is 32.3 Å². The number of nitrogens with one attached hydrogen (secondary N) is 1. The number of halogens is 1. The molecule has 128 valence electrons. The summed E-state index contributed by atoms with van der Waals surface area (Å²) in [7, 11) is 3.12. The average Bonchev–Trinajstić information content (AvgIpc) is 3.06. The van der Waals surface area contributed by atoms with Crippen molar-refractivity contribution in [1.82, 2.24) is 5.32 Å². The largest absolute Gasteiger partial charge is 0.495 e. The molecule has 0 aliphatic carbocycles. The molecule has 0 radical (unpaired) electrons. The van der Waals surface area contributed by atoms with Gasteiger partial charge in [-0.05, 0) is 60.7 Å². The van der Waals surface area contributed by atoms with Gasteiger partial charge in [0.15, 0.2) is 0 Å². The maximum Gasteiger partial charge on any atom is 0.251 e. The molecule has 0 bridgehead atoms. The van der Waals surface area contributed by atoms with Crippen LogP contribution in [-0.4, -0.2) is 38.9 Å². The molecule has 1 aromatic carbocycles. The number of methoxy groups -OCH3 is 2. The van der Waals surface area contributed by atoms with Crippen molar-refractivity contribution in [1.29, 1.82) is 0 Å². The van der Waals surface area contributed by atoms with Crippen LogP contribution in [0.4, 0.5) is 0 Å². The third-order valence-electron chi connectivity index (χ3n) is 4.03. The molecule has 1 fully saturated rings. The van der Waals surface area contributed by atoms with Gasteiger partial charge < -0.3 is 19.5 Å². The number of amides is 1. The first kappa shape index (κ1) is 18.1. The number of carbonyl (C=O) groups is 1. The van der Waals surface area contributed by atoms with Gasteiger partial charge in [0.05, 0.1) is 20.3 Å². The summed E-state index contributed by atoms with van der Waals surface area (Å²) in [6, 6.07) is 3.50. The molecule has 2 unspecified atom stereocenters. The van der Waals surface area contributed by atoms with Crippen molar-refractivity contribution in [2.24, 2.45) is 0 Å². The molecule has 0 aromatic heterocycles. The zero-order valence-corrected chi connectivity index (χ0v) is 15.4. The molecule has 6 heteroatoms. The standard InChI is InChI=1S/C17H24BrNO4/c1-11(6-7-13-5-4-8-23-13)19-17(20)12-9-14(21-2)16(18)15(10-12)22-3/h9-11,13H,4-8H2,1-3H3,(H,19,20). The van der Waals surface area contributed by atoms with Gasteiger partial charge in [0.25, 0.3) is 5.91 Å². The van der Waals surface area contributed by atoms with E-state index in [4.69, 9.17) is 14.2 Å². The van der Waals surface area contributed by atoms with E-state index in [1.54, 1.807) is 26.4 Å². The van der Waals surface area contributed by atoms with Gasteiger partial charge in [0, 0.05) is 18.2 Å². The summed E-state index contributed by atoms with van der Waals surface area (Å²) in [5.74, 6) is 1.01. The minimum atomic E-state index is -0.131. The Balaban J connectivity index is 1.96. The molecule has 1 heterocycles. The molecule has 0 saturated carbocycles. The zero-order chi connectivity index (χ0) is 16.8. The summed E-state index contributed by atoms with van der Waals surface area (Å²) in [6.07, 6.45) is 4.50. The van der Waals surface area contributed by atoms with Crippen LogP contribution >= 0.6 is 15.9 Å². The zero-order valence-electron chi connectivity index (χ0n) is 13.9. The van der Waals surface area contributed by atoms with Crippen LogP contribution in [0, 0.1) is 0 Å². The molecule has 5 nitrogen and oxygen atoms in total. The van der Waals surface area contributed by atoms with Crippen LogP contribution in [0.2, 0.25) is 0 Å². The summed E-state index contributed by atoms with van der Waals surface area (Å²) in [6.45, 7) is 2.88. The molecule has 2 atom stereocenters. The lowest BCUT2D eigenvalue weighted by Crippen LogP contribution is -2.33. The normalized spacial score (nSPS) is 18.5. The van der Waals surface area contributed by atoms with E-state index in [2.05, 4.69) is 21.2 Å². The van der Waals surface area contributed by atoms with Gasteiger partial charge in [-0.2, -0.15) is 0 Å². The molecule has 2 rings (SSSR count). The maximum absolute atomic E-state index is 12.4. The Morgan fingerprint density at radius 2 is 2.04 bits per heavy atom. The van der Waals surface area contributed by atoms with Gasteiger partial charge in [0.2, 0.25) is 0 Å². The van der Waals surface area contributed by atoms with Crippen LogP contribution in [-0.2, 0) is 4.74 Å². The van der Waals surface area contributed by atoms with Crippen molar-refractivity contribution < 1.29 is 19.0 Å². The number of hydrogen-bond acceptors (Lipinski definition) is 4. The highest BCUT2D eigenvalue weighted by atomic mass is 79.9. The van der Waals surface area contributed by atoms with Gasteiger partial charge in [-0.1, -0.05) is 0 Å². The predicted molar refractivity (Wildman–Crippen MR) is 92.4 cm³/mol. The molecule has 1 aliphatic heterocycles. The molecule has 1 amide bonds. The second kappa shape index (κ2) is 8.55. The van der Waals surface area contributed by atoms with E-state index in [9.17, 15) is 4.79 Å². The van der Waals surface area contributed by atoms with E-state index in [0.29, 0.717) is 27.6 Å². The van der Waals surface area contributed by atoms with E-state index < -0.39 is 0 Å². The van der Waals surface area contributed by atoms with E-state index in [-0.39, 0.29) is 11.9 Å². The Kier molecular flexibility index (Phi) is 6.72. The van der Waals surface area contributed by atoms with Crippen molar-refractivity contribution >= 4 is 21.8 Å². The van der Waals surface area contributed by atoms with E-state index in [1.165, 1.54) is 0 Å². The van der Waals surface area contributed by atoms with Gasteiger partial charge >= 0.3 is 0 Å². The highest BCUT2D eigenvalue weighted by Gasteiger charge is 2.19. The Hall–Kier alpha value is -1.27. The summed E-state index contributed by atoms with van der Waals surface area (Å²) in [5.41, 5.74) is 0.519. The van der Waals surface area contributed by atoms with Crippen molar-refractivity contribution in [3.05, 3.63) is 22.2 Å². The van der Waals surface area contributed by atoms with Crippen LogP contribution in [0.3, 0.4) is 0 Å². The minimum Gasteiger partial charge on any atom is -0.495 e. The fourth-order valence-corrected chi connectivity index (χ4v) is 3.24. The number of ether oxygens (including phenoxy) is 3. The van der Waals surface area contributed by atoms with Crippen molar-refractivity contribution in [2.45, 2.75) is 44.8 Å². The first-order chi connectivity index (χ1) is 11.0. The van der Waals surface area contributed by atoms with Gasteiger partial charge in [-0.15, -0.1) is 0 Å². The second-order valence-corrected chi connectivity index (χ2v) is 6.57. The monoisotopic (exact) mass is 385 g/mol.